The molecule has 1 saturated heterocycles. The molecular weight excluding hydrogens is 637 g/mol. The second-order valence-electron chi connectivity index (χ2n) is 15.4. The summed E-state index contributed by atoms with van der Waals surface area (Å²) in [6, 6.07) is 11.7. The average molecular weight is 691 g/mol. The Morgan fingerprint density at radius 2 is 1.78 bits per heavy atom. The number of aromatic nitrogens is 1. The van der Waals surface area contributed by atoms with Crippen molar-refractivity contribution in [2.45, 2.75) is 110 Å². The number of ether oxygens (including phenoxy) is 1. The summed E-state index contributed by atoms with van der Waals surface area (Å²) < 4.78 is 35.3. The number of hydrogen-bond donors (Lipinski definition) is 2. The lowest BCUT2D eigenvalue weighted by Crippen LogP contribution is -2.62. The fraction of sp³-hybridized carbons (Fsp3) is 0.590. The van der Waals surface area contributed by atoms with Crippen molar-refractivity contribution in [2.24, 2.45) is 5.41 Å². The SMILES string of the molecule is CCCS(=O)(=O)NC(=O)c1ccc2c(C3CCCCC3)c(-c3ccc(OC)cc3C)n(CC(C)(C)C(=O)N3CCNC4(CCCC4)C3)c2c1. The summed E-state index contributed by atoms with van der Waals surface area (Å²) in [5, 5.41) is 4.80. The molecule has 9 nitrogen and oxygen atoms in total. The maximum atomic E-state index is 14.5. The number of amides is 2. The van der Waals surface area contributed by atoms with Crippen molar-refractivity contribution in [3.05, 3.63) is 53.1 Å². The molecule has 266 valence electrons. The highest BCUT2D eigenvalue weighted by Crippen LogP contribution is 2.46. The summed E-state index contributed by atoms with van der Waals surface area (Å²) in [6.45, 7) is 10.6. The van der Waals surface area contributed by atoms with Gasteiger partial charge in [-0.05, 0) is 100 Å². The molecule has 3 fully saturated rings. The first-order valence-corrected chi connectivity index (χ1v) is 19.9. The molecule has 2 aromatic carbocycles. The van der Waals surface area contributed by atoms with Gasteiger partial charge in [0.05, 0.1) is 24.0 Å². The summed E-state index contributed by atoms with van der Waals surface area (Å²) in [5.74, 6) is 0.493. The van der Waals surface area contributed by atoms with Crippen LogP contribution in [0.5, 0.6) is 5.75 Å². The standard InChI is InChI=1S/C39H54N4O5S/c1-6-22-49(46,47)41-36(44)29-14-16-32-33(24-29)43(25-38(3,4)37(45)42-21-20-40-39(26-42)18-10-11-19-39)35(34(32)28-12-8-7-9-13-28)31-17-15-30(48-5)23-27(31)2/h14-17,23-24,28,40H,6-13,18-22,25-26H2,1-5H3,(H,41,44). The lowest BCUT2D eigenvalue weighted by Gasteiger charge is -2.44. The maximum Gasteiger partial charge on any atom is 0.264 e. The average Bonchev–Trinajstić information content (AvgIpc) is 3.65. The molecule has 1 aliphatic heterocycles. The van der Waals surface area contributed by atoms with Gasteiger partial charge in [-0.15, -0.1) is 0 Å². The zero-order chi connectivity index (χ0) is 35.0. The fourth-order valence-corrected chi connectivity index (χ4v) is 9.77. The predicted octanol–water partition coefficient (Wildman–Crippen LogP) is 6.91. The molecule has 10 heteroatoms. The summed E-state index contributed by atoms with van der Waals surface area (Å²) in [4.78, 5) is 30.0. The van der Waals surface area contributed by atoms with Gasteiger partial charge in [-0.25, -0.2) is 13.1 Å². The largest absolute Gasteiger partial charge is 0.497 e. The fourth-order valence-electron chi connectivity index (χ4n) is 8.73. The molecule has 2 heterocycles. The van der Waals surface area contributed by atoms with Gasteiger partial charge in [0.25, 0.3) is 5.91 Å². The third-order valence-corrected chi connectivity index (χ3v) is 12.6. The lowest BCUT2D eigenvalue weighted by molar-refractivity contribution is -0.143. The van der Waals surface area contributed by atoms with Gasteiger partial charge in [-0.1, -0.05) is 45.1 Å². The summed E-state index contributed by atoms with van der Waals surface area (Å²) in [6.07, 6.45) is 10.7. The van der Waals surface area contributed by atoms with Crippen LogP contribution in [0.25, 0.3) is 22.2 Å². The van der Waals surface area contributed by atoms with Crippen LogP contribution in [0.2, 0.25) is 0 Å². The van der Waals surface area contributed by atoms with Crippen LogP contribution in [0.4, 0.5) is 0 Å². The lowest BCUT2D eigenvalue weighted by atomic mass is 9.81. The van der Waals surface area contributed by atoms with E-state index >= 15 is 0 Å². The molecule has 0 radical (unpaired) electrons. The third-order valence-electron chi connectivity index (χ3n) is 11.1. The number of nitrogens with one attached hydrogen (secondary N) is 2. The van der Waals surface area contributed by atoms with Crippen molar-refractivity contribution in [1.29, 1.82) is 0 Å². The Bertz CT molecular complexity index is 1820. The monoisotopic (exact) mass is 690 g/mol. The van der Waals surface area contributed by atoms with Crippen LogP contribution in [0.1, 0.15) is 112 Å². The molecule has 0 atom stereocenters. The van der Waals surface area contributed by atoms with Gasteiger partial charge in [0.1, 0.15) is 5.75 Å². The van der Waals surface area contributed by atoms with Gasteiger partial charge in [-0.2, -0.15) is 0 Å². The maximum absolute atomic E-state index is 14.5. The van der Waals surface area contributed by atoms with E-state index in [-0.39, 0.29) is 22.8 Å². The predicted molar refractivity (Wildman–Crippen MR) is 196 cm³/mol. The Morgan fingerprint density at radius 3 is 2.45 bits per heavy atom. The molecular formula is C39H54N4O5S. The topological polar surface area (TPSA) is 110 Å². The minimum atomic E-state index is -3.75. The molecule has 1 spiro atoms. The van der Waals surface area contributed by atoms with Crippen molar-refractivity contribution in [3.8, 4) is 17.0 Å². The number of carbonyl (C=O) groups is 2. The number of benzene rings is 2. The van der Waals surface area contributed by atoms with Crippen LogP contribution in [0.15, 0.2) is 36.4 Å². The van der Waals surface area contributed by atoms with Gasteiger partial charge in [-0.3, -0.25) is 9.59 Å². The quantitative estimate of drug-likeness (QED) is 0.239. The molecule has 2 saturated carbocycles. The number of nitrogens with zero attached hydrogens (tertiary/aromatic N) is 2. The van der Waals surface area contributed by atoms with Gasteiger partial charge < -0.3 is 19.5 Å². The van der Waals surface area contributed by atoms with Crippen LogP contribution in [0, 0.1) is 12.3 Å². The van der Waals surface area contributed by atoms with Gasteiger partial charge in [0, 0.05) is 53.7 Å². The molecule has 2 N–H and O–H groups in total. The Balaban J connectivity index is 1.51. The van der Waals surface area contributed by atoms with Crippen molar-refractivity contribution < 1.29 is 22.7 Å². The zero-order valence-corrected chi connectivity index (χ0v) is 30.8. The number of fused-ring (bicyclic) bond motifs is 1. The van der Waals surface area contributed by atoms with E-state index in [0.717, 1.165) is 85.1 Å². The van der Waals surface area contributed by atoms with E-state index in [2.05, 4.69) is 38.6 Å². The Kier molecular flexibility index (Phi) is 10.2. The van der Waals surface area contributed by atoms with E-state index in [4.69, 9.17) is 4.74 Å². The number of methoxy groups -OCH3 is 1. The van der Waals surface area contributed by atoms with E-state index in [1.165, 1.54) is 24.8 Å². The number of sulfonamides is 1. The van der Waals surface area contributed by atoms with Crippen LogP contribution in [0.3, 0.4) is 0 Å². The first-order chi connectivity index (χ1) is 23.4. The highest BCUT2D eigenvalue weighted by molar-refractivity contribution is 7.90. The van der Waals surface area contributed by atoms with Crippen LogP contribution < -0.4 is 14.8 Å². The minimum Gasteiger partial charge on any atom is -0.497 e. The first-order valence-electron chi connectivity index (χ1n) is 18.3. The molecule has 3 aliphatic rings. The third kappa shape index (κ3) is 7.27. The number of piperazine rings is 1. The Hall–Kier alpha value is -3.37. The van der Waals surface area contributed by atoms with Crippen molar-refractivity contribution in [3.63, 3.8) is 0 Å². The van der Waals surface area contributed by atoms with Crippen LogP contribution >= 0.6 is 0 Å². The second kappa shape index (κ2) is 14.1. The van der Waals surface area contributed by atoms with Gasteiger partial charge in [0.2, 0.25) is 15.9 Å². The minimum absolute atomic E-state index is 0.0179. The highest BCUT2D eigenvalue weighted by atomic mass is 32.2. The smallest absolute Gasteiger partial charge is 0.264 e. The summed E-state index contributed by atoms with van der Waals surface area (Å²) in [5.41, 5.74) is 4.86. The number of rotatable bonds is 10. The van der Waals surface area contributed by atoms with Gasteiger partial charge in [0.15, 0.2) is 0 Å². The normalized spacial score (nSPS) is 18.7. The Morgan fingerprint density at radius 1 is 1.04 bits per heavy atom. The molecule has 0 bridgehead atoms. The van der Waals surface area contributed by atoms with Crippen molar-refractivity contribution in [2.75, 3.05) is 32.5 Å². The summed E-state index contributed by atoms with van der Waals surface area (Å²) in [7, 11) is -2.08. The first kappa shape index (κ1) is 35.5. The molecule has 6 rings (SSSR count). The molecule has 0 unspecified atom stereocenters. The highest BCUT2D eigenvalue weighted by Gasteiger charge is 2.43. The van der Waals surface area contributed by atoms with Gasteiger partial charge >= 0.3 is 0 Å². The number of aryl methyl sites for hydroxylation is 1. The number of hydrogen-bond acceptors (Lipinski definition) is 6. The second-order valence-corrected chi connectivity index (χ2v) is 17.2. The van der Waals surface area contributed by atoms with Crippen LogP contribution in [-0.4, -0.2) is 67.7 Å². The van der Waals surface area contributed by atoms with E-state index in [9.17, 15) is 18.0 Å². The molecule has 1 aromatic heterocycles. The number of carbonyl (C=O) groups excluding carboxylic acids is 2. The van der Waals surface area contributed by atoms with E-state index in [0.29, 0.717) is 25.4 Å². The van der Waals surface area contributed by atoms with Crippen molar-refractivity contribution >= 4 is 32.7 Å². The molecule has 2 amide bonds. The molecule has 2 aliphatic carbocycles. The van der Waals surface area contributed by atoms with Crippen molar-refractivity contribution in [1.82, 2.24) is 19.5 Å². The van der Waals surface area contributed by atoms with E-state index < -0.39 is 21.3 Å². The van der Waals surface area contributed by atoms with E-state index in [1.807, 2.05) is 32.0 Å². The van der Waals surface area contributed by atoms with E-state index in [1.54, 1.807) is 20.1 Å². The Labute approximate surface area is 292 Å². The summed E-state index contributed by atoms with van der Waals surface area (Å²) >= 11 is 0. The zero-order valence-electron chi connectivity index (χ0n) is 30.0. The molecule has 3 aromatic rings. The van der Waals surface area contributed by atoms with Crippen LogP contribution in [-0.2, 0) is 21.4 Å². The molecule has 49 heavy (non-hydrogen) atoms.